The Morgan fingerprint density at radius 3 is 2.40 bits per heavy atom. The number of aliphatic carboxylic acids is 1. The second-order valence-electron chi connectivity index (χ2n) is 3.95. The third kappa shape index (κ3) is 3.34. The first-order chi connectivity index (χ1) is 7.00. The highest BCUT2D eigenvalue weighted by Gasteiger charge is 2.29. The first kappa shape index (κ1) is 11.7. The van der Waals surface area contributed by atoms with Gasteiger partial charge in [-0.1, -0.05) is 6.92 Å². The summed E-state index contributed by atoms with van der Waals surface area (Å²) in [5.74, 6) is -1.14. The van der Waals surface area contributed by atoms with E-state index in [1.54, 1.807) is 0 Å². The van der Waals surface area contributed by atoms with E-state index in [1.165, 1.54) is 4.90 Å². The summed E-state index contributed by atoms with van der Waals surface area (Å²) in [4.78, 5) is 34.3. The monoisotopic (exact) mass is 213 g/mol. The van der Waals surface area contributed by atoms with Crippen molar-refractivity contribution in [3.63, 3.8) is 0 Å². The van der Waals surface area contributed by atoms with Crippen LogP contribution in [0.4, 0.5) is 0 Å². The zero-order valence-corrected chi connectivity index (χ0v) is 8.73. The normalized spacial score (nSPS) is 18.3. The van der Waals surface area contributed by atoms with Gasteiger partial charge < -0.3 is 5.11 Å². The third-order valence-electron chi connectivity index (χ3n) is 2.42. The summed E-state index contributed by atoms with van der Waals surface area (Å²) in [7, 11) is 0. The molecule has 84 valence electrons. The predicted molar refractivity (Wildman–Crippen MR) is 52.0 cm³/mol. The second kappa shape index (κ2) is 4.91. The Hall–Kier alpha value is -1.39. The number of hydrogen-bond acceptors (Lipinski definition) is 3. The van der Waals surface area contributed by atoms with Crippen molar-refractivity contribution in [1.82, 2.24) is 4.90 Å². The van der Waals surface area contributed by atoms with Gasteiger partial charge in [0.05, 0.1) is 0 Å². The molecule has 1 saturated heterocycles. The van der Waals surface area contributed by atoms with E-state index in [4.69, 9.17) is 5.11 Å². The summed E-state index contributed by atoms with van der Waals surface area (Å²) in [5.41, 5.74) is 0. The number of carbonyl (C=O) groups is 3. The Kier molecular flexibility index (Phi) is 3.82. The number of nitrogens with zero attached hydrogens (tertiary/aromatic N) is 1. The van der Waals surface area contributed by atoms with Gasteiger partial charge in [-0.25, -0.2) is 0 Å². The van der Waals surface area contributed by atoms with Crippen molar-refractivity contribution in [2.45, 2.75) is 32.6 Å². The van der Waals surface area contributed by atoms with Crippen molar-refractivity contribution in [2.24, 2.45) is 5.92 Å². The number of carboxylic acid groups (broad SMARTS) is 1. The minimum Gasteiger partial charge on any atom is -0.481 e. The highest BCUT2D eigenvalue weighted by Crippen LogP contribution is 2.18. The molecule has 0 saturated carbocycles. The molecule has 0 unspecified atom stereocenters. The molecule has 5 heteroatoms. The Bertz CT molecular complexity index is 269. The first-order valence-electron chi connectivity index (χ1n) is 5.05. The molecule has 0 bridgehead atoms. The summed E-state index contributed by atoms with van der Waals surface area (Å²) in [6.07, 6.45) is 1.10. The van der Waals surface area contributed by atoms with Crippen LogP contribution in [0.15, 0.2) is 0 Å². The Balaban J connectivity index is 2.43. The fourth-order valence-corrected chi connectivity index (χ4v) is 1.67. The van der Waals surface area contributed by atoms with Gasteiger partial charge in [0.25, 0.3) is 0 Å². The van der Waals surface area contributed by atoms with E-state index >= 15 is 0 Å². The molecule has 2 amide bonds. The summed E-state index contributed by atoms with van der Waals surface area (Å²) in [6.45, 7) is 2.10. The summed E-state index contributed by atoms with van der Waals surface area (Å²) in [5, 5.41) is 8.43. The summed E-state index contributed by atoms with van der Waals surface area (Å²) in [6, 6.07) is 0. The Morgan fingerprint density at radius 1 is 1.40 bits per heavy atom. The molecule has 0 spiro atoms. The largest absolute Gasteiger partial charge is 0.481 e. The molecule has 1 aliphatic rings. The van der Waals surface area contributed by atoms with Gasteiger partial charge in [0, 0.05) is 25.8 Å². The smallest absolute Gasteiger partial charge is 0.303 e. The number of imide groups is 1. The average Bonchev–Trinajstić information content (AvgIpc) is 2.08. The van der Waals surface area contributed by atoms with Crippen LogP contribution in [0.25, 0.3) is 0 Å². The Morgan fingerprint density at radius 2 is 1.93 bits per heavy atom. The number of piperidine rings is 1. The Labute approximate surface area is 88.1 Å². The molecule has 0 atom stereocenters. The van der Waals surface area contributed by atoms with Crippen LogP contribution in [-0.2, 0) is 14.4 Å². The van der Waals surface area contributed by atoms with Gasteiger partial charge in [0.1, 0.15) is 0 Å². The number of amides is 2. The van der Waals surface area contributed by atoms with E-state index < -0.39 is 5.97 Å². The zero-order valence-electron chi connectivity index (χ0n) is 8.73. The maximum absolute atomic E-state index is 11.4. The van der Waals surface area contributed by atoms with Crippen LogP contribution in [0.1, 0.15) is 32.6 Å². The lowest BCUT2D eigenvalue weighted by molar-refractivity contribution is -0.150. The molecule has 1 fully saturated rings. The van der Waals surface area contributed by atoms with Crippen molar-refractivity contribution in [1.29, 1.82) is 0 Å². The maximum atomic E-state index is 11.4. The standard InChI is InChI=1S/C10H15NO4/c1-7-5-8(12)11(9(13)6-7)4-2-3-10(14)15/h7H,2-6H2,1H3,(H,14,15). The van der Waals surface area contributed by atoms with Gasteiger partial charge in [-0.2, -0.15) is 0 Å². The van der Waals surface area contributed by atoms with Crippen molar-refractivity contribution in [3.8, 4) is 0 Å². The molecule has 1 heterocycles. The van der Waals surface area contributed by atoms with Crippen LogP contribution in [0.2, 0.25) is 0 Å². The van der Waals surface area contributed by atoms with Crippen molar-refractivity contribution < 1.29 is 19.5 Å². The number of hydrogen-bond donors (Lipinski definition) is 1. The van der Waals surface area contributed by atoms with Crippen LogP contribution >= 0.6 is 0 Å². The lowest BCUT2D eigenvalue weighted by Crippen LogP contribution is -2.43. The fourth-order valence-electron chi connectivity index (χ4n) is 1.67. The predicted octanol–water partition coefficient (Wildman–Crippen LogP) is 0.636. The number of carboxylic acids is 1. The van der Waals surface area contributed by atoms with E-state index in [1.807, 2.05) is 6.92 Å². The quantitative estimate of drug-likeness (QED) is 0.695. The molecule has 1 N–H and O–H groups in total. The lowest BCUT2D eigenvalue weighted by Gasteiger charge is -2.28. The van der Waals surface area contributed by atoms with Gasteiger partial charge in [-0.05, 0) is 12.3 Å². The zero-order chi connectivity index (χ0) is 11.4. The topological polar surface area (TPSA) is 74.7 Å². The molecule has 0 aromatic rings. The van der Waals surface area contributed by atoms with Crippen LogP contribution in [0.5, 0.6) is 0 Å². The van der Waals surface area contributed by atoms with Crippen LogP contribution < -0.4 is 0 Å². The van der Waals surface area contributed by atoms with Crippen LogP contribution in [0, 0.1) is 5.92 Å². The van der Waals surface area contributed by atoms with Crippen molar-refractivity contribution in [2.75, 3.05) is 6.54 Å². The van der Waals surface area contributed by atoms with Crippen molar-refractivity contribution >= 4 is 17.8 Å². The first-order valence-corrected chi connectivity index (χ1v) is 5.05. The summed E-state index contributed by atoms with van der Waals surface area (Å²) >= 11 is 0. The van der Waals surface area contributed by atoms with E-state index in [0.29, 0.717) is 19.3 Å². The molecular formula is C10H15NO4. The highest BCUT2D eigenvalue weighted by atomic mass is 16.4. The minimum absolute atomic E-state index is 0.00733. The van der Waals surface area contributed by atoms with E-state index in [0.717, 1.165) is 0 Å². The molecule has 0 aromatic heterocycles. The van der Waals surface area contributed by atoms with Gasteiger partial charge in [-0.15, -0.1) is 0 Å². The van der Waals surface area contributed by atoms with Gasteiger partial charge in [0.2, 0.25) is 11.8 Å². The fraction of sp³-hybridized carbons (Fsp3) is 0.700. The van der Waals surface area contributed by atoms with Crippen LogP contribution in [-0.4, -0.2) is 34.3 Å². The number of carbonyl (C=O) groups excluding carboxylic acids is 2. The van der Waals surface area contributed by atoms with E-state index in [2.05, 4.69) is 0 Å². The third-order valence-corrected chi connectivity index (χ3v) is 2.42. The molecule has 0 radical (unpaired) electrons. The molecule has 5 nitrogen and oxygen atoms in total. The minimum atomic E-state index is -0.903. The number of likely N-dealkylation sites (tertiary alicyclic amines) is 1. The summed E-state index contributed by atoms with van der Waals surface area (Å²) < 4.78 is 0. The molecule has 0 aliphatic carbocycles. The molecule has 15 heavy (non-hydrogen) atoms. The molecule has 1 aliphatic heterocycles. The van der Waals surface area contributed by atoms with Gasteiger partial charge in [-0.3, -0.25) is 19.3 Å². The van der Waals surface area contributed by atoms with Gasteiger partial charge in [0.15, 0.2) is 0 Å². The second-order valence-corrected chi connectivity index (χ2v) is 3.95. The van der Waals surface area contributed by atoms with Gasteiger partial charge >= 0.3 is 5.97 Å². The maximum Gasteiger partial charge on any atom is 0.303 e. The molecule has 0 aromatic carbocycles. The van der Waals surface area contributed by atoms with E-state index in [9.17, 15) is 14.4 Å². The van der Waals surface area contributed by atoms with E-state index in [-0.39, 0.29) is 30.7 Å². The van der Waals surface area contributed by atoms with Crippen LogP contribution in [0.3, 0.4) is 0 Å². The average molecular weight is 213 g/mol. The van der Waals surface area contributed by atoms with Crippen molar-refractivity contribution in [3.05, 3.63) is 0 Å². The molecule has 1 rings (SSSR count). The number of rotatable bonds is 4. The highest BCUT2D eigenvalue weighted by molar-refractivity contribution is 5.97. The molecular weight excluding hydrogens is 198 g/mol. The lowest BCUT2D eigenvalue weighted by atomic mass is 9.97. The SMILES string of the molecule is CC1CC(=O)N(CCCC(=O)O)C(=O)C1.